The molecule has 5 aromatic rings. The molecule has 2 N–H and O–H groups in total. The molecule has 0 bridgehead atoms. The molecule has 3 saturated carbocycles. The lowest BCUT2D eigenvalue weighted by Gasteiger charge is -2.32. The van der Waals surface area contributed by atoms with Gasteiger partial charge in [0.1, 0.15) is 21.9 Å². The van der Waals surface area contributed by atoms with E-state index in [0.29, 0.717) is 116 Å². The monoisotopic (exact) mass is 2080 g/mol. The van der Waals surface area contributed by atoms with Crippen LogP contribution in [0.2, 0.25) is 0 Å². The van der Waals surface area contributed by atoms with Gasteiger partial charge in [0.25, 0.3) is 0 Å². The van der Waals surface area contributed by atoms with Crippen LogP contribution in [-0.2, 0) is 88.8 Å². The molecule has 3 aliphatic heterocycles. The minimum absolute atomic E-state index is 0. The van der Waals surface area contributed by atoms with E-state index in [2.05, 4.69) is 147 Å². The van der Waals surface area contributed by atoms with Crippen LogP contribution in [0.15, 0.2) is 64.4 Å². The number of allylic oxidation sites excluding steroid dienone is 5. The van der Waals surface area contributed by atoms with Gasteiger partial charge in [0.05, 0.1) is 126 Å². The molecule has 0 amide bonds. The summed E-state index contributed by atoms with van der Waals surface area (Å²) in [7, 11) is 7.10. The molecule has 3 unspecified atom stereocenters. The number of aliphatic hydroxyl groups is 2. The Kier molecular flexibility index (Phi) is 54.6. The normalized spacial score (nSPS) is 21.2. The number of methoxy groups -OCH3 is 8. The highest BCUT2D eigenvalue weighted by atomic mass is 79.9. The Hall–Kier alpha value is -7.72. The number of alkyl halides is 3. The van der Waals surface area contributed by atoms with Crippen molar-refractivity contribution >= 4 is 64.3 Å². The first kappa shape index (κ1) is 127. The van der Waals surface area contributed by atoms with Gasteiger partial charge in [-0.15, -0.1) is 0 Å². The summed E-state index contributed by atoms with van der Waals surface area (Å²) in [6, 6.07) is 11.6. The second-order valence-electron chi connectivity index (χ2n) is 38.1. The number of carbonyl (C=O) groups is 2. The molecule has 6 aliphatic carbocycles. The Morgan fingerprint density at radius 1 is 0.482 bits per heavy atom. The maximum absolute atomic E-state index is 11.9. The molecule has 802 valence electrons. The van der Waals surface area contributed by atoms with Gasteiger partial charge in [-0.25, -0.2) is 0 Å². The Labute approximate surface area is 853 Å². The topological polar surface area (TPSA) is 360 Å². The SMILES string of the molecule is C.C.CC1(C)OB(B2OC(C)(C)C(C)(C)O2)OC1(C)C.CC1CC=C(B2OC(C)(C)C(C)(C)O2)CC1.CC1CC=C(OS(=O)(=O)C(F)(F)F)CC1.CC1CCC(=O)CC1.CCc1c(Br)nc(OC)nc1OC.CCc1c(OC)nc(OC)nc1C1=CCC(OCc2ccccc2)CC1.CCc1c(OC)nc(OC)nc1C1CCC(=O)CC1.CCc1c(OC)nc(OC)nc1C1CCC(O)CC1.CO.F.[2HH].[2H]CC.[HH]. The first-order chi connectivity index (χ1) is 65.5. The third-order valence-corrected chi connectivity index (χ3v) is 28.4. The molecule has 0 radical (unpaired) electrons. The molecule has 0 spiro atoms. The van der Waals surface area contributed by atoms with Crippen LogP contribution < -0.4 is 37.9 Å². The predicted molar refractivity (Wildman–Crippen MR) is 555 cm³/mol. The van der Waals surface area contributed by atoms with E-state index >= 15 is 0 Å². The van der Waals surface area contributed by atoms with Gasteiger partial charge in [-0.3, -0.25) is 14.3 Å². The Morgan fingerprint density at radius 2 is 0.851 bits per heavy atom. The number of carbonyl (C=O) groups excluding carboxylic acids is 2. The molecule has 3 saturated heterocycles. The van der Waals surface area contributed by atoms with Crippen molar-refractivity contribution in [2.75, 3.05) is 64.0 Å². The second kappa shape index (κ2) is 60.4. The molecule has 14 rings (SSSR count). The van der Waals surface area contributed by atoms with Gasteiger partial charge >= 0.3 is 60.8 Å². The fourth-order valence-electron chi connectivity index (χ4n) is 16.1. The van der Waals surface area contributed by atoms with Crippen molar-refractivity contribution in [2.45, 2.75) is 391 Å². The Bertz CT molecular complexity index is 4760. The van der Waals surface area contributed by atoms with Gasteiger partial charge in [-0.05, 0) is 268 Å². The van der Waals surface area contributed by atoms with E-state index in [1.165, 1.54) is 42.6 Å². The Balaban J connectivity index is 0.00000163. The lowest BCUT2D eigenvalue weighted by molar-refractivity contribution is -0.121. The van der Waals surface area contributed by atoms with Crippen LogP contribution >= 0.6 is 15.9 Å². The third kappa shape index (κ3) is 37.6. The molecule has 9 aliphatic rings. The number of hydrogen-bond acceptors (Lipinski definition) is 30. The molecular weight excluding hydrogens is 1910 g/mol. The number of aliphatic hydroxyl groups excluding tert-OH is 2. The largest absolute Gasteiger partial charge is 0.534 e. The summed E-state index contributed by atoms with van der Waals surface area (Å²) in [6.07, 6.45) is 27.6. The summed E-state index contributed by atoms with van der Waals surface area (Å²) < 4.78 is 152. The van der Waals surface area contributed by atoms with Crippen molar-refractivity contribution in [1.82, 2.24) is 39.9 Å². The van der Waals surface area contributed by atoms with Crippen molar-refractivity contribution in [2.24, 2.45) is 17.8 Å². The number of hydrogen-bond donors (Lipinski definition) is 2. The number of benzene rings is 1. The second-order valence-corrected chi connectivity index (χ2v) is 40.4. The Morgan fingerprint density at radius 3 is 1.21 bits per heavy atom. The summed E-state index contributed by atoms with van der Waals surface area (Å²) in [6.45, 7) is 42.3. The van der Waals surface area contributed by atoms with Gasteiger partial charge in [0.15, 0.2) is 0 Å². The molecule has 7 heterocycles. The van der Waals surface area contributed by atoms with Gasteiger partial charge in [0.2, 0.25) is 23.5 Å². The van der Waals surface area contributed by atoms with Crippen molar-refractivity contribution in [3.63, 3.8) is 0 Å². The fourth-order valence-corrected chi connectivity index (χ4v) is 17.2. The first-order valence-corrected chi connectivity index (χ1v) is 50.5. The predicted octanol–water partition coefficient (Wildman–Crippen LogP) is 22.9. The lowest BCUT2D eigenvalue weighted by atomic mass is 9.49. The summed E-state index contributed by atoms with van der Waals surface area (Å²) in [4.78, 5) is 56.5. The number of Topliss-reactive ketones (excluding diaryl/α,β-unsaturated/α-hetero) is 2. The van der Waals surface area contributed by atoms with Gasteiger partial charge in [-0.1, -0.05) is 120 Å². The molecule has 6 fully saturated rings. The van der Waals surface area contributed by atoms with Crippen molar-refractivity contribution in [3.05, 3.63) is 109 Å². The zero-order valence-electron chi connectivity index (χ0n) is 88.9. The fraction of sp³-hybridized carbons (Fsp3) is 0.706. The van der Waals surface area contributed by atoms with E-state index in [1.54, 1.807) is 56.7 Å². The number of ether oxygens (including phenoxy) is 9. The van der Waals surface area contributed by atoms with Gasteiger partial charge in [0, 0.05) is 77.5 Å². The van der Waals surface area contributed by atoms with E-state index in [9.17, 15) is 36.3 Å². The zero-order chi connectivity index (χ0) is 104. The number of aromatic nitrogens is 8. The van der Waals surface area contributed by atoms with E-state index < -0.39 is 29.6 Å². The maximum Gasteiger partial charge on any atom is 0.534 e. The van der Waals surface area contributed by atoms with Gasteiger partial charge in [-0.2, -0.15) is 61.5 Å². The summed E-state index contributed by atoms with van der Waals surface area (Å²) in [5.41, 5.74) is 3.59. The smallest absolute Gasteiger partial charge is 0.481 e. The first-order valence-electron chi connectivity index (χ1n) is 49.1. The lowest BCUT2D eigenvalue weighted by Crippen LogP contribution is -2.41. The molecule has 4 aromatic heterocycles. The van der Waals surface area contributed by atoms with Crippen molar-refractivity contribution in [3.8, 4) is 47.6 Å². The maximum atomic E-state index is 11.9. The number of rotatable bonds is 22. The van der Waals surface area contributed by atoms with Gasteiger partial charge < -0.3 is 85.0 Å². The zero-order valence-corrected chi connectivity index (χ0v) is 90.4. The van der Waals surface area contributed by atoms with E-state index in [0.717, 1.165) is 178 Å². The number of nitrogens with zero attached hydrogens (tertiary/aromatic N) is 8. The van der Waals surface area contributed by atoms with Crippen molar-refractivity contribution in [1.29, 1.82) is 0 Å². The highest BCUT2D eigenvalue weighted by Gasteiger charge is 2.64. The highest BCUT2D eigenvalue weighted by molar-refractivity contribution is 9.10. The average Bonchev–Trinajstić information content (AvgIpc) is 1.59. The van der Waals surface area contributed by atoms with Crippen LogP contribution in [0.5, 0.6) is 47.6 Å². The number of halogens is 5. The third-order valence-electron chi connectivity index (χ3n) is 26.7. The summed E-state index contributed by atoms with van der Waals surface area (Å²) >= 11 is 3.33. The summed E-state index contributed by atoms with van der Waals surface area (Å²) in [5.74, 6) is 5.68. The van der Waals surface area contributed by atoms with Crippen LogP contribution in [0.4, 0.5) is 17.9 Å². The van der Waals surface area contributed by atoms with E-state index in [-0.39, 0.29) is 87.5 Å². The quantitative estimate of drug-likeness (QED) is 0.0214. The van der Waals surface area contributed by atoms with Crippen molar-refractivity contribution < 1.29 is 125 Å². The van der Waals surface area contributed by atoms with E-state index in [4.69, 9.17) is 77.0 Å². The van der Waals surface area contributed by atoms with Crippen LogP contribution in [0.25, 0.3) is 5.57 Å². The van der Waals surface area contributed by atoms with E-state index in [1.807, 2.05) is 87.4 Å². The standard InChI is InChI=1S/C21H26N2O3.C14H22N2O3.C14H20N2O3.C13H23BO2.C12H24B2O4.C8H11BrN2O2.C8H11F3O3S.C7H12O.C2H6.CH4O.2CH4.FH.2H2/c1-4-18-19(22-21(25-3)23-20(18)24-2)16-10-12-17(13-11-16)26-14-15-8-6-5-7-9-15;2*1-4-11-12(9-5-7-10(17)8-6-9)15-14(19-3)16-13(11)18-2;1-10-6-8-11(9-7-10)14-15-12(2,3)13(4,5)16-14;1-9(2)10(3,4)16-13(15-9)14-17-11(5,6)12(7,8)18-14;1-4-5-6(9)10-8(13-3)11-7(5)12-2;1-6-2-4-7(5-3-6)14-15(12,13)8(9,10)11;1-6-2-4-7(8)5-3-6;2*1-2;;;;;/h5-10,17H,4,11-14H2,1-3H3;9-10,17H,4-8H2,1-3H3;9H,4-8H2,1-3H3;8,10H,6-7,9H2,1-5H3;1-8H3;4H2,1-3H3;4,6H,2-3,5H2,1H3;6H,2-5H2,1H3;1-2H3;2H,1H3;2*1H4;3*1H/i;;;;;;;;1D;;;;;1+1;. The molecular formula is C102H172B3BrF4N8O22S. The molecule has 39 heteroatoms. The minimum Gasteiger partial charge on any atom is -0.481 e. The van der Waals surface area contributed by atoms with Crippen LogP contribution in [0.1, 0.15) is 356 Å². The number of ketones is 2. The molecule has 141 heavy (non-hydrogen) atoms. The molecule has 1 aromatic carbocycles. The minimum atomic E-state index is -5.48. The summed E-state index contributed by atoms with van der Waals surface area (Å²) in [5, 5.41) is 16.6. The van der Waals surface area contributed by atoms with Crippen LogP contribution in [-0.4, -0.2) is 207 Å². The molecule has 30 nitrogen and oxygen atoms in total. The average molecular weight is 2080 g/mol. The molecule has 3 atom stereocenters. The highest BCUT2D eigenvalue weighted by Crippen LogP contribution is 2.46. The van der Waals surface area contributed by atoms with Crippen LogP contribution in [0, 0.1) is 17.8 Å². The van der Waals surface area contributed by atoms with Crippen LogP contribution in [0.3, 0.4) is 0 Å².